The number of nitrogens with zero attached hydrogens (tertiary/aromatic N) is 7. The molecule has 0 radical (unpaired) electrons. The van der Waals surface area contributed by atoms with Gasteiger partial charge in [0.05, 0.1) is 18.1 Å². The second-order valence-corrected chi connectivity index (χ2v) is 9.93. The maximum atomic E-state index is 13.2. The van der Waals surface area contributed by atoms with Crippen LogP contribution < -0.4 is 4.90 Å². The predicted octanol–water partition coefficient (Wildman–Crippen LogP) is 5.43. The number of aromatic nitrogens is 2. The van der Waals surface area contributed by atoms with Gasteiger partial charge in [-0.2, -0.15) is 5.11 Å². The molecule has 194 valence electrons. The minimum Gasteiger partial charge on any atom is -0.352 e. The molecule has 2 aliphatic heterocycles. The maximum Gasteiger partial charge on any atom is 0.253 e. The molecule has 0 saturated carbocycles. The van der Waals surface area contributed by atoms with Crippen molar-refractivity contribution < 1.29 is 9.63 Å². The summed E-state index contributed by atoms with van der Waals surface area (Å²) in [6.07, 6.45) is 6.19. The molecule has 10 heteroatoms. The fourth-order valence-corrected chi connectivity index (χ4v) is 5.01. The Hall–Kier alpha value is -3.63. The summed E-state index contributed by atoms with van der Waals surface area (Å²) in [4.78, 5) is 34.4. The summed E-state index contributed by atoms with van der Waals surface area (Å²) >= 11 is 1.72. The van der Waals surface area contributed by atoms with E-state index in [1.807, 2.05) is 49.2 Å². The van der Waals surface area contributed by atoms with E-state index in [0.29, 0.717) is 31.8 Å². The topological polar surface area (TPSA) is 86.5 Å². The van der Waals surface area contributed by atoms with Crippen LogP contribution in [0.2, 0.25) is 0 Å². The Morgan fingerprint density at radius 2 is 1.97 bits per heavy atom. The van der Waals surface area contributed by atoms with Crippen molar-refractivity contribution >= 4 is 33.3 Å². The van der Waals surface area contributed by atoms with Gasteiger partial charge < -0.3 is 9.80 Å². The molecule has 1 saturated heterocycles. The van der Waals surface area contributed by atoms with Gasteiger partial charge in [0.2, 0.25) is 0 Å². The third-order valence-electron chi connectivity index (χ3n) is 5.91. The molecule has 0 bridgehead atoms. The second kappa shape index (κ2) is 12.6. The third-order valence-corrected chi connectivity index (χ3v) is 7.10. The van der Waals surface area contributed by atoms with Gasteiger partial charge >= 0.3 is 0 Å². The van der Waals surface area contributed by atoms with Gasteiger partial charge in [-0.1, -0.05) is 25.1 Å². The highest BCUT2D eigenvalue weighted by Gasteiger charge is 2.24. The van der Waals surface area contributed by atoms with Crippen molar-refractivity contribution in [1.29, 1.82) is 0 Å². The molecule has 0 spiro atoms. The summed E-state index contributed by atoms with van der Waals surface area (Å²) in [6, 6.07) is 9.77. The van der Waals surface area contributed by atoms with Gasteiger partial charge in [0, 0.05) is 36.6 Å². The van der Waals surface area contributed by atoms with E-state index < -0.39 is 0 Å². The number of aryl methyl sites for hydroxylation is 1. The van der Waals surface area contributed by atoms with E-state index in [9.17, 15) is 4.79 Å². The molecular weight excluding hydrogens is 486 g/mol. The van der Waals surface area contributed by atoms with Crippen LogP contribution in [0.5, 0.6) is 0 Å². The zero-order valence-electron chi connectivity index (χ0n) is 21.6. The highest BCUT2D eigenvalue weighted by atomic mass is 32.1. The number of rotatable bonds is 6. The SMILES string of the molecule is C=CC.CCc1cc2c(N3CCN(C(=O)c4cccc(CON5C=C(C)CN=N5)c4)CC3)ncnc2s1. The first-order chi connectivity index (χ1) is 18.0. The lowest BCUT2D eigenvalue weighted by molar-refractivity contribution is -0.140. The zero-order chi connectivity index (χ0) is 26.2. The molecule has 1 aromatic carbocycles. The summed E-state index contributed by atoms with van der Waals surface area (Å²) in [5.41, 5.74) is 2.64. The van der Waals surface area contributed by atoms with Gasteiger partial charge in [0.1, 0.15) is 23.6 Å². The molecule has 0 aliphatic carbocycles. The van der Waals surface area contributed by atoms with Gasteiger partial charge in [-0.05, 0) is 54.8 Å². The van der Waals surface area contributed by atoms with Crippen LogP contribution in [0, 0.1) is 0 Å². The number of hydroxylamine groups is 1. The molecule has 5 rings (SSSR count). The van der Waals surface area contributed by atoms with Crippen molar-refractivity contribution in [3.8, 4) is 0 Å². The van der Waals surface area contributed by atoms with Crippen molar-refractivity contribution in [2.45, 2.75) is 33.8 Å². The first-order valence-electron chi connectivity index (χ1n) is 12.4. The molecule has 0 atom stereocenters. The molecule has 1 fully saturated rings. The van der Waals surface area contributed by atoms with E-state index in [2.05, 4.69) is 44.8 Å². The lowest BCUT2D eigenvalue weighted by Gasteiger charge is -2.35. The zero-order valence-corrected chi connectivity index (χ0v) is 22.4. The largest absolute Gasteiger partial charge is 0.352 e. The van der Waals surface area contributed by atoms with Crippen LogP contribution in [0.15, 0.2) is 71.4 Å². The Labute approximate surface area is 221 Å². The average Bonchev–Trinajstić information content (AvgIpc) is 3.36. The normalized spacial score (nSPS) is 15.3. The van der Waals surface area contributed by atoms with E-state index >= 15 is 0 Å². The standard InChI is InChI=1S/C24H27N7O2S.C3H6/c1-3-20-12-21-22(25-16-26-23(21)34-20)29-7-9-30(10-8-29)24(32)19-6-4-5-18(11-19)15-33-31-14-17(2)13-27-28-31;1-3-2/h4-6,11-12,14,16H,3,7-10,13,15H2,1-2H3;3H,1H2,2H3. The van der Waals surface area contributed by atoms with Crippen molar-refractivity contribution in [1.82, 2.24) is 20.0 Å². The van der Waals surface area contributed by atoms with Crippen LogP contribution in [-0.2, 0) is 17.9 Å². The Morgan fingerprint density at radius 3 is 2.70 bits per heavy atom. The highest BCUT2D eigenvalue weighted by Crippen LogP contribution is 2.31. The van der Waals surface area contributed by atoms with Crippen molar-refractivity contribution in [3.63, 3.8) is 0 Å². The van der Waals surface area contributed by atoms with Crippen molar-refractivity contribution in [3.05, 3.63) is 77.1 Å². The number of carbonyl (C=O) groups is 1. The van der Waals surface area contributed by atoms with E-state index in [1.54, 1.807) is 23.7 Å². The van der Waals surface area contributed by atoms with Crippen LogP contribution in [0.3, 0.4) is 0 Å². The van der Waals surface area contributed by atoms with Gasteiger partial charge in [0.25, 0.3) is 5.91 Å². The average molecular weight is 520 g/mol. The van der Waals surface area contributed by atoms with E-state index in [0.717, 1.165) is 46.7 Å². The van der Waals surface area contributed by atoms with Gasteiger partial charge in [-0.25, -0.2) is 14.8 Å². The quantitative estimate of drug-likeness (QED) is 0.404. The first-order valence-corrected chi connectivity index (χ1v) is 13.2. The molecular formula is C27H33N7O2S. The van der Waals surface area contributed by atoms with Gasteiger partial charge in [0.15, 0.2) is 0 Å². The Kier molecular flexibility index (Phi) is 8.97. The van der Waals surface area contributed by atoms with Crippen molar-refractivity contribution in [2.75, 3.05) is 37.6 Å². The third kappa shape index (κ3) is 6.58. The molecule has 1 amide bonds. The lowest BCUT2D eigenvalue weighted by atomic mass is 10.1. The number of hydrogen-bond donors (Lipinski definition) is 0. The molecule has 3 aromatic rings. The summed E-state index contributed by atoms with van der Waals surface area (Å²) in [6.45, 7) is 13.0. The van der Waals surface area contributed by atoms with E-state index in [-0.39, 0.29) is 5.91 Å². The number of thiophene rings is 1. The van der Waals surface area contributed by atoms with Crippen LogP contribution in [0.1, 0.15) is 41.6 Å². The van der Waals surface area contributed by atoms with Crippen molar-refractivity contribution in [2.24, 2.45) is 10.3 Å². The number of piperazine rings is 1. The van der Waals surface area contributed by atoms with Crippen LogP contribution in [0.4, 0.5) is 5.82 Å². The van der Waals surface area contributed by atoms with Gasteiger partial charge in [-0.3, -0.25) is 4.79 Å². The second-order valence-electron chi connectivity index (χ2n) is 8.81. The summed E-state index contributed by atoms with van der Waals surface area (Å²) < 4.78 is 0. The molecule has 2 aromatic heterocycles. The smallest absolute Gasteiger partial charge is 0.253 e. The van der Waals surface area contributed by atoms with Crippen LogP contribution in [-0.4, -0.2) is 58.7 Å². The predicted molar refractivity (Wildman–Crippen MR) is 147 cm³/mol. The fraction of sp³-hybridized carbons (Fsp3) is 0.370. The minimum absolute atomic E-state index is 0.0338. The number of carbonyl (C=O) groups excluding carboxylic acids is 1. The number of amides is 1. The molecule has 0 N–H and O–H groups in total. The number of fused-ring (bicyclic) bond motifs is 1. The number of allylic oxidation sites excluding steroid dienone is 1. The molecule has 9 nitrogen and oxygen atoms in total. The highest BCUT2D eigenvalue weighted by molar-refractivity contribution is 7.18. The van der Waals surface area contributed by atoms with E-state index in [1.165, 1.54) is 10.0 Å². The van der Waals surface area contributed by atoms with E-state index in [4.69, 9.17) is 4.84 Å². The Balaban J connectivity index is 0.00000102. The minimum atomic E-state index is 0.0338. The van der Waals surface area contributed by atoms with Crippen LogP contribution >= 0.6 is 11.3 Å². The maximum absolute atomic E-state index is 13.2. The monoisotopic (exact) mass is 519 g/mol. The number of anilines is 1. The molecule has 2 aliphatic rings. The Bertz CT molecular complexity index is 1290. The van der Waals surface area contributed by atoms with Gasteiger partial charge in [-0.15, -0.1) is 23.1 Å². The molecule has 0 unspecified atom stereocenters. The first kappa shape index (κ1) is 26.4. The lowest BCUT2D eigenvalue weighted by Crippen LogP contribution is -2.49. The summed E-state index contributed by atoms with van der Waals surface area (Å²) in [5, 5.41) is 10.4. The van der Waals surface area contributed by atoms with Crippen LogP contribution in [0.25, 0.3) is 10.2 Å². The number of benzene rings is 1. The molecule has 4 heterocycles. The Morgan fingerprint density at radius 1 is 1.19 bits per heavy atom. The summed E-state index contributed by atoms with van der Waals surface area (Å²) in [5.74, 6) is 0.998. The summed E-state index contributed by atoms with van der Waals surface area (Å²) in [7, 11) is 0. The fourth-order valence-electron chi connectivity index (χ4n) is 4.08. The molecule has 37 heavy (non-hydrogen) atoms. The number of hydrogen-bond acceptors (Lipinski definition) is 9.